The zero-order valence-electron chi connectivity index (χ0n) is 11.3. The molecule has 0 bridgehead atoms. The molecule has 1 rings (SSSR count). The summed E-state index contributed by atoms with van der Waals surface area (Å²) < 4.78 is 0. The van der Waals surface area contributed by atoms with Crippen LogP contribution in [0.3, 0.4) is 0 Å². The van der Waals surface area contributed by atoms with Crippen molar-refractivity contribution in [1.82, 2.24) is 4.90 Å². The number of urea groups is 1. The third kappa shape index (κ3) is 3.44. The molecule has 8 heteroatoms. The van der Waals surface area contributed by atoms with Gasteiger partial charge in [0.25, 0.3) is 5.69 Å². The maximum absolute atomic E-state index is 11.8. The maximum Gasteiger partial charge on any atom is 0.326 e. The van der Waals surface area contributed by atoms with Crippen LogP contribution in [0.5, 0.6) is 0 Å². The van der Waals surface area contributed by atoms with Crippen molar-refractivity contribution in [2.75, 3.05) is 12.4 Å². The first-order chi connectivity index (χ1) is 9.23. The Labute approximate surface area is 115 Å². The number of benzene rings is 1. The number of nitrogens with one attached hydrogen (secondary N) is 1. The van der Waals surface area contributed by atoms with Crippen molar-refractivity contribution >= 4 is 23.4 Å². The fraction of sp³-hybridized carbons (Fsp3) is 0.333. The van der Waals surface area contributed by atoms with Gasteiger partial charge in [0.05, 0.1) is 4.92 Å². The summed E-state index contributed by atoms with van der Waals surface area (Å²) in [5.41, 5.74) is 0.591. The van der Waals surface area contributed by atoms with E-state index in [0.717, 1.165) is 4.90 Å². The number of aryl methyl sites for hydroxylation is 1. The van der Waals surface area contributed by atoms with Gasteiger partial charge in [-0.15, -0.1) is 0 Å². The van der Waals surface area contributed by atoms with E-state index in [9.17, 15) is 19.7 Å². The Morgan fingerprint density at radius 1 is 1.45 bits per heavy atom. The second-order valence-electron chi connectivity index (χ2n) is 4.31. The molecule has 0 fully saturated rings. The molecular weight excluding hydrogens is 266 g/mol. The van der Waals surface area contributed by atoms with E-state index in [1.807, 2.05) is 0 Å². The molecule has 0 radical (unpaired) electrons. The second kappa shape index (κ2) is 6.00. The van der Waals surface area contributed by atoms with Gasteiger partial charge in [-0.1, -0.05) is 6.07 Å². The number of likely N-dealkylation sites (N-methyl/N-ethyl adjacent to an activating group) is 1. The highest BCUT2D eigenvalue weighted by Gasteiger charge is 2.22. The number of amides is 2. The van der Waals surface area contributed by atoms with E-state index in [1.165, 1.54) is 32.2 Å². The Hall–Kier alpha value is -2.64. The van der Waals surface area contributed by atoms with Crippen molar-refractivity contribution in [2.24, 2.45) is 0 Å². The van der Waals surface area contributed by atoms with Crippen LogP contribution in [0.25, 0.3) is 0 Å². The van der Waals surface area contributed by atoms with E-state index in [2.05, 4.69) is 5.32 Å². The molecule has 108 valence electrons. The Balaban J connectivity index is 2.89. The molecule has 2 N–H and O–H groups in total. The smallest absolute Gasteiger partial charge is 0.326 e. The quantitative estimate of drug-likeness (QED) is 0.645. The Morgan fingerprint density at radius 3 is 2.55 bits per heavy atom. The van der Waals surface area contributed by atoms with Gasteiger partial charge in [-0.05, 0) is 19.9 Å². The molecule has 0 aliphatic heterocycles. The number of nitro groups is 1. The number of hydrogen-bond acceptors (Lipinski definition) is 4. The number of carboxylic acid groups (broad SMARTS) is 1. The van der Waals surface area contributed by atoms with E-state index < -0.39 is 23.0 Å². The SMILES string of the molecule is Cc1ccc(NC(=O)N(C)C(C)C(=O)O)cc1[N+](=O)[O-]. The first-order valence-electron chi connectivity index (χ1n) is 5.75. The first kappa shape index (κ1) is 15.4. The molecule has 0 saturated heterocycles. The molecule has 0 heterocycles. The summed E-state index contributed by atoms with van der Waals surface area (Å²) in [6.45, 7) is 2.95. The zero-order chi connectivity index (χ0) is 15.4. The Morgan fingerprint density at radius 2 is 2.05 bits per heavy atom. The average Bonchev–Trinajstić information content (AvgIpc) is 2.38. The molecule has 1 aromatic carbocycles. The van der Waals surface area contributed by atoms with Gasteiger partial charge >= 0.3 is 12.0 Å². The molecule has 1 unspecified atom stereocenters. The average molecular weight is 281 g/mol. The number of carbonyl (C=O) groups is 2. The number of hydrogen-bond donors (Lipinski definition) is 2. The molecule has 0 aromatic heterocycles. The molecule has 1 aromatic rings. The number of carbonyl (C=O) groups excluding carboxylic acids is 1. The number of nitrogens with zero attached hydrogens (tertiary/aromatic N) is 2. The van der Waals surface area contributed by atoms with Crippen LogP contribution in [-0.2, 0) is 4.79 Å². The lowest BCUT2D eigenvalue weighted by atomic mass is 10.2. The van der Waals surface area contributed by atoms with Gasteiger partial charge in [0, 0.05) is 24.4 Å². The number of carboxylic acids is 1. The highest BCUT2D eigenvalue weighted by Crippen LogP contribution is 2.22. The van der Waals surface area contributed by atoms with Crippen LogP contribution in [0, 0.1) is 17.0 Å². The van der Waals surface area contributed by atoms with Crippen LogP contribution in [0.4, 0.5) is 16.2 Å². The lowest BCUT2D eigenvalue weighted by molar-refractivity contribution is -0.385. The summed E-state index contributed by atoms with van der Waals surface area (Å²) in [5, 5.41) is 22.0. The van der Waals surface area contributed by atoms with Gasteiger partial charge < -0.3 is 15.3 Å². The number of rotatable bonds is 4. The van der Waals surface area contributed by atoms with E-state index in [0.29, 0.717) is 5.56 Å². The minimum Gasteiger partial charge on any atom is -0.480 e. The lowest BCUT2D eigenvalue weighted by Crippen LogP contribution is -2.42. The zero-order valence-corrected chi connectivity index (χ0v) is 11.3. The van der Waals surface area contributed by atoms with Crippen LogP contribution < -0.4 is 5.32 Å². The number of anilines is 1. The summed E-state index contributed by atoms with van der Waals surface area (Å²) >= 11 is 0. The second-order valence-corrected chi connectivity index (χ2v) is 4.31. The van der Waals surface area contributed by atoms with Crippen LogP contribution in [0.1, 0.15) is 12.5 Å². The van der Waals surface area contributed by atoms with Gasteiger partial charge in [0.15, 0.2) is 0 Å². The molecule has 0 aliphatic rings. The van der Waals surface area contributed by atoms with Gasteiger partial charge in [-0.25, -0.2) is 9.59 Å². The molecule has 0 spiro atoms. The molecule has 20 heavy (non-hydrogen) atoms. The summed E-state index contributed by atoms with van der Waals surface area (Å²) in [6, 6.07) is 2.59. The summed E-state index contributed by atoms with van der Waals surface area (Å²) in [6.07, 6.45) is 0. The number of nitro benzene ring substituents is 1. The summed E-state index contributed by atoms with van der Waals surface area (Å²) in [7, 11) is 1.33. The van der Waals surface area contributed by atoms with Crippen molar-refractivity contribution < 1.29 is 19.6 Å². The topological polar surface area (TPSA) is 113 Å². The predicted octanol–water partition coefficient (Wildman–Crippen LogP) is 1.84. The largest absolute Gasteiger partial charge is 0.480 e. The Bertz CT molecular complexity index is 558. The molecule has 1 atom stereocenters. The van der Waals surface area contributed by atoms with Crippen molar-refractivity contribution in [3.8, 4) is 0 Å². The fourth-order valence-corrected chi connectivity index (χ4v) is 1.44. The van der Waals surface area contributed by atoms with Gasteiger partial charge in [-0.2, -0.15) is 0 Å². The minimum atomic E-state index is -1.14. The summed E-state index contributed by atoms with van der Waals surface area (Å²) in [5.74, 6) is -1.14. The van der Waals surface area contributed by atoms with Crippen molar-refractivity contribution in [2.45, 2.75) is 19.9 Å². The minimum absolute atomic E-state index is 0.114. The first-order valence-corrected chi connectivity index (χ1v) is 5.75. The van der Waals surface area contributed by atoms with Crippen molar-refractivity contribution in [3.05, 3.63) is 33.9 Å². The van der Waals surface area contributed by atoms with E-state index >= 15 is 0 Å². The standard InChI is InChI=1S/C12H15N3O5/c1-7-4-5-9(6-10(7)15(19)20)13-12(18)14(3)8(2)11(16)17/h4-6,8H,1-3H3,(H,13,18)(H,16,17). The lowest BCUT2D eigenvalue weighted by Gasteiger charge is -2.21. The van der Waals surface area contributed by atoms with Gasteiger partial charge in [0.2, 0.25) is 0 Å². The fourth-order valence-electron chi connectivity index (χ4n) is 1.44. The van der Waals surface area contributed by atoms with E-state index in [-0.39, 0.29) is 11.4 Å². The molecular formula is C12H15N3O5. The molecule has 0 saturated carbocycles. The monoisotopic (exact) mass is 281 g/mol. The Kier molecular flexibility index (Phi) is 4.63. The van der Waals surface area contributed by atoms with Crippen molar-refractivity contribution in [3.63, 3.8) is 0 Å². The molecule has 8 nitrogen and oxygen atoms in total. The van der Waals surface area contributed by atoms with Gasteiger partial charge in [-0.3, -0.25) is 10.1 Å². The third-order valence-electron chi connectivity index (χ3n) is 2.92. The van der Waals surface area contributed by atoms with Crippen LogP contribution >= 0.6 is 0 Å². The predicted molar refractivity (Wildman–Crippen MR) is 71.7 cm³/mol. The van der Waals surface area contributed by atoms with Crippen LogP contribution in [0.2, 0.25) is 0 Å². The van der Waals surface area contributed by atoms with Crippen molar-refractivity contribution in [1.29, 1.82) is 0 Å². The maximum atomic E-state index is 11.8. The number of aliphatic carboxylic acids is 1. The third-order valence-corrected chi connectivity index (χ3v) is 2.92. The van der Waals surface area contributed by atoms with Crippen LogP contribution in [0.15, 0.2) is 18.2 Å². The highest BCUT2D eigenvalue weighted by atomic mass is 16.6. The molecule has 2 amide bonds. The van der Waals surface area contributed by atoms with Gasteiger partial charge in [0.1, 0.15) is 6.04 Å². The molecule has 0 aliphatic carbocycles. The van der Waals surface area contributed by atoms with Crippen LogP contribution in [-0.4, -0.2) is 40.0 Å². The van der Waals surface area contributed by atoms with E-state index in [4.69, 9.17) is 5.11 Å². The summed E-state index contributed by atoms with van der Waals surface area (Å²) in [4.78, 5) is 33.8. The normalized spacial score (nSPS) is 11.6. The van der Waals surface area contributed by atoms with E-state index in [1.54, 1.807) is 6.92 Å². The highest BCUT2D eigenvalue weighted by molar-refractivity contribution is 5.92.